The molecule has 0 aliphatic carbocycles. The lowest BCUT2D eigenvalue weighted by Crippen LogP contribution is -2.37. The second-order valence-electron chi connectivity index (χ2n) is 6.09. The van der Waals surface area contributed by atoms with Crippen LogP contribution in [0.4, 0.5) is 8.78 Å². The van der Waals surface area contributed by atoms with Crippen LogP contribution in [0.5, 0.6) is 0 Å². The van der Waals surface area contributed by atoms with Gasteiger partial charge in [-0.05, 0) is 36.5 Å². The lowest BCUT2D eigenvalue weighted by molar-refractivity contribution is -0.120. The van der Waals surface area contributed by atoms with Gasteiger partial charge in [-0.1, -0.05) is 13.8 Å². The molecule has 0 heterocycles. The first-order chi connectivity index (χ1) is 10.7. The summed E-state index contributed by atoms with van der Waals surface area (Å²) >= 11 is 0. The van der Waals surface area contributed by atoms with Gasteiger partial charge in [0.1, 0.15) is 0 Å². The number of benzene rings is 1. The summed E-state index contributed by atoms with van der Waals surface area (Å²) in [7, 11) is 0. The molecule has 3 N–H and O–H groups in total. The summed E-state index contributed by atoms with van der Waals surface area (Å²) in [5, 5.41) is 14.1. The zero-order valence-electron chi connectivity index (χ0n) is 13.3. The van der Waals surface area contributed by atoms with Gasteiger partial charge in [0.25, 0.3) is 5.91 Å². The first-order valence-corrected chi connectivity index (χ1v) is 7.36. The summed E-state index contributed by atoms with van der Waals surface area (Å²) in [4.78, 5) is 23.3. The normalized spacial score (nSPS) is 11.2. The zero-order chi connectivity index (χ0) is 17.5. The molecule has 0 aliphatic rings. The average Bonchev–Trinajstić information content (AvgIpc) is 2.52. The molecule has 0 spiro atoms. The van der Waals surface area contributed by atoms with Crippen LogP contribution in [-0.2, 0) is 4.79 Å². The Morgan fingerprint density at radius 1 is 1.17 bits per heavy atom. The van der Waals surface area contributed by atoms with Crippen LogP contribution >= 0.6 is 0 Å². The molecule has 1 aromatic rings. The van der Waals surface area contributed by atoms with Crippen molar-refractivity contribution in [2.45, 2.75) is 26.7 Å². The molecule has 0 saturated heterocycles. The monoisotopic (exact) mass is 328 g/mol. The second kappa shape index (κ2) is 8.57. The number of aliphatic hydroxyl groups excluding tert-OH is 1. The highest BCUT2D eigenvalue weighted by Crippen LogP contribution is 2.20. The fourth-order valence-corrected chi connectivity index (χ4v) is 1.84. The molecule has 128 valence electrons. The van der Waals surface area contributed by atoms with Crippen LogP contribution in [0.1, 0.15) is 37.0 Å². The van der Waals surface area contributed by atoms with E-state index >= 15 is 0 Å². The fourth-order valence-electron chi connectivity index (χ4n) is 1.84. The van der Waals surface area contributed by atoms with Crippen LogP contribution in [0.3, 0.4) is 0 Å². The van der Waals surface area contributed by atoms with E-state index in [2.05, 4.69) is 10.6 Å². The van der Waals surface area contributed by atoms with Crippen LogP contribution in [-0.4, -0.2) is 36.6 Å². The van der Waals surface area contributed by atoms with E-state index in [1.54, 1.807) is 0 Å². The highest BCUT2D eigenvalue weighted by Gasteiger charge is 2.16. The van der Waals surface area contributed by atoms with Crippen molar-refractivity contribution in [1.82, 2.24) is 10.6 Å². The van der Waals surface area contributed by atoms with Crippen molar-refractivity contribution in [3.8, 4) is 0 Å². The van der Waals surface area contributed by atoms with E-state index in [0.717, 1.165) is 24.6 Å². The maximum absolute atomic E-state index is 13.0. The lowest BCUT2D eigenvalue weighted by Gasteiger charge is -2.21. The van der Waals surface area contributed by atoms with Crippen molar-refractivity contribution in [1.29, 1.82) is 0 Å². The minimum Gasteiger partial charge on any atom is -0.396 e. The minimum absolute atomic E-state index is 0.0543. The highest BCUT2D eigenvalue weighted by molar-refractivity contribution is 5.96. The number of amides is 2. The summed E-state index contributed by atoms with van der Waals surface area (Å²) < 4.78 is 25.8. The van der Waals surface area contributed by atoms with E-state index < -0.39 is 17.5 Å². The van der Waals surface area contributed by atoms with Crippen molar-refractivity contribution in [3.05, 3.63) is 35.4 Å². The Morgan fingerprint density at radius 2 is 1.87 bits per heavy atom. The summed E-state index contributed by atoms with van der Waals surface area (Å²) in [5.41, 5.74) is -0.243. The molecule has 0 bridgehead atoms. The number of hydrogen-bond acceptors (Lipinski definition) is 3. The number of carbonyl (C=O) groups excluding carboxylic acids is 2. The standard InChI is InChI=1S/C16H22F2N2O3/c1-16(2,10-21)6-3-7-19-14(22)9-20-15(23)11-4-5-12(17)13(18)8-11/h4-5,8,21H,3,6-7,9-10H2,1-2H3,(H,19,22)(H,20,23). The Labute approximate surface area is 134 Å². The van der Waals surface area contributed by atoms with Gasteiger partial charge in [0.05, 0.1) is 6.54 Å². The molecular weight excluding hydrogens is 306 g/mol. The second-order valence-corrected chi connectivity index (χ2v) is 6.09. The van der Waals surface area contributed by atoms with Crippen LogP contribution in [0.2, 0.25) is 0 Å². The summed E-state index contributed by atoms with van der Waals surface area (Å²) in [5.74, 6) is -3.18. The fraction of sp³-hybridized carbons (Fsp3) is 0.500. The molecule has 7 heteroatoms. The first kappa shape index (κ1) is 19.0. The topological polar surface area (TPSA) is 78.4 Å². The molecular formula is C16H22F2N2O3. The summed E-state index contributed by atoms with van der Waals surface area (Å²) in [6.07, 6.45) is 1.46. The molecule has 0 atom stereocenters. The van der Waals surface area contributed by atoms with E-state index in [1.165, 1.54) is 0 Å². The number of hydrogen-bond donors (Lipinski definition) is 3. The van der Waals surface area contributed by atoms with E-state index in [0.29, 0.717) is 13.0 Å². The van der Waals surface area contributed by atoms with Gasteiger partial charge in [-0.3, -0.25) is 9.59 Å². The van der Waals surface area contributed by atoms with Crippen molar-refractivity contribution in [3.63, 3.8) is 0 Å². The van der Waals surface area contributed by atoms with Gasteiger partial charge in [-0.15, -0.1) is 0 Å². The molecule has 2 amide bonds. The lowest BCUT2D eigenvalue weighted by atomic mass is 9.89. The molecule has 5 nitrogen and oxygen atoms in total. The van der Waals surface area contributed by atoms with Gasteiger partial charge in [0.15, 0.2) is 11.6 Å². The molecule has 23 heavy (non-hydrogen) atoms. The molecule has 0 fully saturated rings. The smallest absolute Gasteiger partial charge is 0.251 e. The van der Waals surface area contributed by atoms with E-state index in [-0.39, 0.29) is 30.0 Å². The highest BCUT2D eigenvalue weighted by atomic mass is 19.2. The molecule has 0 aliphatic heterocycles. The third-order valence-electron chi connectivity index (χ3n) is 3.37. The predicted octanol–water partition coefficient (Wildman–Crippen LogP) is 1.61. The van der Waals surface area contributed by atoms with Gasteiger partial charge in [0.2, 0.25) is 5.91 Å². The zero-order valence-corrected chi connectivity index (χ0v) is 13.3. The van der Waals surface area contributed by atoms with E-state index in [1.807, 2.05) is 13.8 Å². The van der Waals surface area contributed by atoms with Gasteiger partial charge in [-0.25, -0.2) is 8.78 Å². The van der Waals surface area contributed by atoms with Crippen molar-refractivity contribution in [2.24, 2.45) is 5.41 Å². The summed E-state index contributed by atoms with van der Waals surface area (Å²) in [6, 6.07) is 2.77. The minimum atomic E-state index is -1.12. The number of aliphatic hydroxyl groups is 1. The Morgan fingerprint density at radius 3 is 2.48 bits per heavy atom. The first-order valence-electron chi connectivity index (χ1n) is 7.36. The van der Waals surface area contributed by atoms with Crippen LogP contribution in [0.25, 0.3) is 0 Å². The van der Waals surface area contributed by atoms with Crippen molar-refractivity contribution in [2.75, 3.05) is 19.7 Å². The number of halogens is 2. The average molecular weight is 328 g/mol. The Bertz CT molecular complexity index is 562. The molecule has 0 radical (unpaired) electrons. The number of nitrogens with one attached hydrogen (secondary N) is 2. The van der Waals surface area contributed by atoms with Crippen molar-refractivity contribution < 1.29 is 23.5 Å². The van der Waals surface area contributed by atoms with Gasteiger partial charge < -0.3 is 15.7 Å². The van der Waals surface area contributed by atoms with Crippen LogP contribution in [0, 0.1) is 17.0 Å². The third-order valence-corrected chi connectivity index (χ3v) is 3.37. The number of carbonyl (C=O) groups is 2. The quantitative estimate of drug-likeness (QED) is 0.635. The predicted molar refractivity (Wildman–Crippen MR) is 81.8 cm³/mol. The molecule has 1 aromatic carbocycles. The maximum Gasteiger partial charge on any atom is 0.251 e. The Kier molecular flexibility index (Phi) is 7.09. The van der Waals surface area contributed by atoms with Gasteiger partial charge in [0, 0.05) is 18.7 Å². The van der Waals surface area contributed by atoms with Gasteiger partial charge in [-0.2, -0.15) is 0 Å². The SMILES string of the molecule is CC(C)(CO)CCCNC(=O)CNC(=O)c1ccc(F)c(F)c1. The maximum atomic E-state index is 13.0. The van der Waals surface area contributed by atoms with Crippen LogP contribution < -0.4 is 10.6 Å². The van der Waals surface area contributed by atoms with Gasteiger partial charge >= 0.3 is 0 Å². The third kappa shape index (κ3) is 6.73. The van der Waals surface area contributed by atoms with E-state index in [4.69, 9.17) is 5.11 Å². The molecule has 1 rings (SSSR count). The largest absolute Gasteiger partial charge is 0.396 e. The number of rotatable bonds is 8. The molecule has 0 saturated carbocycles. The summed E-state index contributed by atoms with van der Waals surface area (Å²) in [6.45, 7) is 4.11. The van der Waals surface area contributed by atoms with Crippen molar-refractivity contribution >= 4 is 11.8 Å². The van der Waals surface area contributed by atoms with E-state index in [9.17, 15) is 18.4 Å². The molecule has 0 aromatic heterocycles. The van der Waals surface area contributed by atoms with Crippen LogP contribution in [0.15, 0.2) is 18.2 Å². The molecule has 0 unspecified atom stereocenters. The Hall–Kier alpha value is -2.02. The Balaban J connectivity index is 2.30.